The van der Waals surface area contributed by atoms with Crippen molar-refractivity contribution in [1.29, 1.82) is 0 Å². The van der Waals surface area contributed by atoms with E-state index in [1.807, 2.05) is 27.8 Å². The molecule has 1 atom stereocenters. The summed E-state index contributed by atoms with van der Waals surface area (Å²) in [5.74, 6) is 1.25. The maximum Gasteiger partial charge on any atom is 0.252 e. The smallest absolute Gasteiger partial charge is 0.252 e. The van der Waals surface area contributed by atoms with Crippen molar-refractivity contribution in [1.82, 2.24) is 25.1 Å². The molecule has 0 aliphatic rings. The third kappa shape index (κ3) is 3.56. The van der Waals surface area contributed by atoms with Gasteiger partial charge in [0.2, 0.25) is 0 Å². The van der Waals surface area contributed by atoms with Crippen molar-refractivity contribution in [3.8, 4) is 0 Å². The molecule has 0 aromatic carbocycles. The second-order valence-corrected chi connectivity index (χ2v) is 4.91. The molecule has 1 unspecified atom stereocenters. The normalized spacial score (nSPS) is 12.0. The van der Waals surface area contributed by atoms with Gasteiger partial charge in [0.25, 0.3) is 5.91 Å². The van der Waals surface area contributed by atoms with Gasteiger partial charge in [0.1, 0.15) is 12.1 Å². The van der Waals surface area contributed by atoms with Crippen molar-refractivity contribution in [3.05, 3.63) is 35.5 Å². The molecule has 0 aliphatic carbocycles. The summed E-state index contributed by atoms with van der Waals surface area (Å²) in [5.41, 5.74) is 1.37. The lowest BCUT2D eigenvalue weighted by molar-refractivity contribution is 0.0937. The monoisotopic (exact) mass is 288 g/mol. The first-order valence-corrected chi connectivity index (χ1v) is 6.88. The SMILES string of the molecule is CCNc1cc(C(=O)NC(C)c2nncn2C)cc(C)n1. The van der Waals surface area contributed by atoms with Gasteiger partial charge in [-0.1, -0.05) is 0 Å². The van der Waals surface area contributed by atoms with Gasteiger partial charge < -0.3 is 15.2 Å². The van der Waals surface area contributed by atoms with Gasteiger partial charge in [-0.15, -0.1) is 10.2 Å². The van der Waals surface area contributed by atoms with Crippen molar-refractivity contribution in [3.63, 3.8) is 0 Å². The first-order valence-electron chi connectivity index (χ1n) is 6.88. The average Bonchev–Trinajstić information content (AvgIpc) is 2.84. The number of aromatic nitrogens is 4. The van der Waals surface area contributed by atoms with Crippen molar-refractivity contribution in [2.24, 2.45) is 7.05 Å². The molecular formula is C14H20N6O. The summed E-state index contributed by atoms with van der Waals surface area (Å²) in [5, 5.41) is 13.9. The molecule has 2 rings (SSSR count). The highest BCUT2D eigenvalue weighted by Crippen LogP contribution is 2.13. The largest absolute Gasteiger partial charge is 0.370 e. The third-order valence-electron chi connectivity index (χ3n) is 3.05. The molecule has 7 nitrogen and oxygen atoms in total. The highest BCUT2D eigenvalue weighted by Gasteiger charge is 2.16. The van der Waals surface area contributed by atoms with Crippen molar-refractivity contribution < 1.29 is 4.79 Å². The number of hydrogen-bond donors (Lipinski definition) is 2. The fourth-order valence-electron chi connectivity index (χ4n) is 2.10. The Kier molecular flexibility index (Phi) is 4.52. The predicted molar refractivity (Wildman–Crippen MR) is 80.0 cm³/mol. The Hall–Kier alpha value is -2.44. The minimum absolute atomic E-state index is 0.157. The fraction of sp³-hybridized carbons (Fsp3) is 0.429. The van der Waals surface area contributed by atoms with Crippen molar-refractivity contribution in [2.75, 3.05) is 11.9 Å². The Balaban J connectivity index is 2.15. The molecule has 2 heterocycles. The molecule has 0 aliphatic heterocycles. The van der Waals surface area contributed by atoms with Crippen LogP contribution in [0.4, 0.5) is 5.82 Å². The number of carbonyl (C=O) groups is 1. The highest BCUT2D eigenvalue weighted by atomic mass is 16.1. The molecular weight excluding hydrogens is 268 g/mol. The molecule has 2 aromatic rings. The van der Waals surface area contributed by atoms with E-state index >= 15 is 0 Å². The van der Waals surface area contributed by atoms with E-state index in [9.17, 15) is 4.79 Å². The van der Waals surface area contributed by atoms with Crippen LogP contribution in [-0.4, -0.2) is 32.2 Å². The Morgan fingerprint density at radius 3 is 2.81 bits per heavy atom. The first kappa shape index (κ1) is 15.0. The molecule has 0 fully saturated rings. The molecule has 0 bridgehead atoms. The average molecular weight is 288 g/mol. The van der Waals surface area contributed by atoms with Crippen LogP contribution in [0.3, 0.4) is 0 Å². The van der Waals surface area contributed by atoms with E-state index < -0.39 is 0 Å². The Bertz CT molecular complexity index is 636. The van der Waals surface area contributed by atoms with Gasteiger partial charge in [0.05, 0.1) is 6.04 Å². The Morgan fingerprint density at radius 2 is 2.19 bits per heavy atom. The van der Waals surface area contributed by atoms with E-state index in [4.69, 9.17) is 0 Å². The van der Waals surface area contributed by atoms with Gasteiger partial charge in [-0.25, -0.2) is 4.98 Å². The molecule has 0 radical (unpaired) electrons. The van der Waals surface area contributed by atoms with E-state index in [0.29, 0.717) is 17.2 Å². The van der Waals surface area contributed by atoms with Crippen LogP contribution in [0.25, 0.3) is 0 Å². The van der Waals surface area contributed by atoms with E-state index in [1.165, 1.54) is 0 Å². The van der Waals surface area contributed by atoms with Crippen LogP contribution in [0.1, 0.15) is 41.8 Å². The van der Waals surface area contributed by atoms with Crippen LogP contribution in [-0.2, 0) is 7.05 Å². The molecule has 0 saturated heterocycles. The molecule has 2 N–H and O–H groups in total. The van der Waals surface area contributed by atoms with E-state index in [-0.39, 0.29) is 11.9 Å². The van der Waals surface area contributed by atoms with Gasteiger partial charge in [-0.3, -0.25) is 4.79 Å². The second kappa shape index (κ2) is 6.34. The molecule has 112 valence electrons. The number of nitrogens with one attached hydrogen (secondary N) is 2. The van der Waals surface area contributed by atoms with Gasteiger partial charge in [0, 0.05) is 24.8 Å². The molecule has 2 aromatic heterocycles. The summed E-state index contributed by atoms with van der Waals surface area (Å²) in [6.45, 7) is 6.48. The van der Waals surface area contributed by atoms with Crippen LogP contribution in [0.15, 0.2) is 18.5 Å². The predicted octanol–water partition coefficient (Wildman–Crippen LogP) is 1.44. The minimum Gasteiger partial charge on any atom is -0.370 e. The molecule has 0 spiro atoms. The van der Waals surface area contributed by atoms with Crippen molar-refractivity contribution in [2.45, 2.75) is 26.8 Å². The molecule has 1 amide bonds. The summed E-state index contributed by atoms with van der Waals surface area (Å²) in [7, 11) is 1.85. The first-order chi connectivity index (χ1) is 10.0. The lowest BCUT2D eigenvalue weighted by Crippen LogP contribution is -2.28. The zero-order chi connectivity index (χ0) is 15.4. The standard InChI is InChI=1S/C14H20N6O/c1-5-15-12-7-11(6-9(2)17-12)14(21)18-10(3)13-19-16-8-20(13)4/h6-8,10H,5H2,1-4H3,(H,15,17)(H,18,21). The van der Waals surface area contributed by atoms with E-state index in [0.717, 1.165) is 12.2 Å². The zero-order valence-corrected chi connectivity index (χ0v) is 12.7. The summed E-state index contributed by atoms with van der Waals surface area (Å²) in [4.78, 5) is 16.7. The van der Waals surface area contributed by atoms with Crippen LogP contribution in [0.2, 0.25) is 0 Å². The number of anilines is 1. The van der Waals surface area contributed by atoms with Gasteiger partial charge in [-0.2, -0.15) is 0 Å². The van der Waals surface area contributed by atoms with Gasteiger partial charge >= 0.3 is 0 Å². The highest BCUT2D eigenvalue weighted by molar-refractivity contribution is 5.95. The number of pyridine rings is 1. The van der Waals surface area contributed by atoms with Crippen LogP contribution >= 0.6 is 0 Å². The summed E-state index contributed by atoms with van der Waals surface area (Å²) < 4.78 is 1.78. The number of nitrogens with zero attached hydrogens (tertiary/aromatic N) is 4. The number of carbonyl (C=O) groups excluding carboxylic acids is 1. The van der Waals surface area contributed by atoms with Crippen molar-refractivity contribution >= 4 is 11.7 Å². The maximum atomic E-state index is 12.3. The third-order valence-corrected chi connectivity index (χ3v) is 3.05. The van der Waals surface area contributed by atoms with Crippen LogP contribution in [0.5, 0.6) is 0 Å². The number of aryl methyl sites for hydroxylation is 2. The van der Waals surface area contributed by atoms with E-state index in [1.54, 1.807) is 23.0 Å². The Morgan fingerprint density at radius 1 is 1.43 bits per heavy atom. The van der Waals surface area contributed by atoms with Crippen LogP contribution < -0.4 is 10.6 Å². The number of rotatable bonds is 5. The zero-order valence-electron chi connectivity index (χ0n) is 12.7. The summed E-state index contributed by atoms with van der Waals surface area (Å²) >= 11 is 0. The quantitative estimate of drug-likeness (QED) is 0.869. The van der Waals surface area contributed by atoms with Gasteiger partial charge in [-0.05, 0) is 32.9 Å². The van der Waals surface area contributed by atoms with Gasteiger partial charge in [0.15, 0.2) is 5.82 Å². The molecule has 21 heavy (non-hydrogen) atoms. The lowest BCUT2D eigenvalue weighted by Gasteiger charge is -2.14. The minimum atomic E-state index is -0.221. The molecule has 0 saturated carbocycles. The topological polar surface area (TPSA) is 84.7 Å². The number of amides is 1. The maximum absolute atomic E-state index is 12.3. The lowest BCUT2D eigenvalue weighted by atomic mass is 10.2. The number of hydrogen-bond acceptors (Lipinski definition) is 5. The summed E-state index contributed by atoms with van der Waals surface area (Å²) in [6, 6.07) is 3.29. The fourth-order valence-corrected chi connectivity index (χ4v) is 2.10. The molecule has 7 heteroatoms. The van der Waals surface area contributed by atoms with Crippen LogP contribution in [0, 0.1) is 6.92 Å². The summed E-state index contributed by atoms with van der Waals surface area (Å²) in [6.07, 6.45) is 1.61. The Labute approximate surface area is 123 Å². The van der Waals surface area contributed by atoms with E-state index in [2.05, 4.69) is 25.8 Å². The second-order valence-electron chi connectivity index (χ2n) is 4.91.